The van der Waals surface area contributed by atoms with Crippen LogP contribution in [-0.4, -0.2) is 23.5 Å². The lowest BCUT2D eigenvalue weighted by molar-refractivity contribution is -0.137. The molecule has 0 bridgehead atoms. The van der Waals surface area contributed by atoms with Gasteiger partial charge in [-0.05, 0) is 19.1 Å². The zero-order valence-corrected chi connectivity index (χ0v) is 7.99. The molecule has 1 aromatic carbocycles. The summed E-state index contributed by atoms with van der Waals surface area (Å²) in [4.78, 5) is 22.3. The van der Waals surface area contributed by atoms with Crippen molar-refractivity contribution in [2.24, 2.45) is 0 Å². The van der Waals surface area contributed by atoms with Crippen molar-refractivity contribution in [1.29, 1.82) is 0 Å². The van der Waals surface area contributed by atoms with Crippen LogP contribution in [0.15, 0.2) is 18.2 Å². The molecule has 15 heavy (non-hydrogen) atoms. The molecule has 0 radical (unpaired) electrons. The second-order valence-corrected chi connectivity index (χ2v) is 2.71. The van der Waals surface area contributed by atoms with Crippen LogP contribution in [0.1, 0.15) is 17.3 Å². The molecule has 1 aromatic rings. The summed E-state index contributed by atoms with van der Waals surface area (Å²) in [5.74, 6) is -3.32. The molecule has 0 fully saturated rings. The Balaban J connectivity index is 2.96. The maximum atomic E-state index is 12.6. The van der Waals surface area contributed by atoms with Crippen molar-refractivity contribution in [3.8, 4) is 5.75 Å². The first-order valence-electron chi connectivity index (χ1n) is 4.26. The van der Waals surface area contributed by atoms with Crippen molar-refractivity contribution in [2.75, 3.05) is 6.61 Å². The fraction of sp³-hybridized carbons (Fsp3) is 0.200. The number of benzene rings is 1. The van der Waals surface area contributed by atoms with E-state index >= 15 is 0 Å². The molecule has 0 aliphatic carbocycles. The number of phenols is 1. The summed E-state index contributed by atoms with van der Waals surface area (Å²) in [5.41, 5.74) is -0.269. The van der Waals surface area contributed by atoms with Crippen LogP contribution in [0.5, 0.6) is 5.75 Å². The molecule has 0 heterocycles. The fourth-order valence-electron chi connectivity index (χ4n) is 1.00. The Bertz CT molecular complexity index is 400. The molecule has 0 atom stereocenters. The molecule has 0 saturated carbocycles. The Morgan fingerprint density at radius 3 is 2.67 bits per heavy atom. The maximum Gasteiger partial charge on any atom is 0.379 e. The van der Waals surface area contributed by atoms with Crippen LogP contribution in [0.4, 0.5) is 4.39 Å². The van der Waals surface area contributed by atoms with E-state index in [0.717, 1.165) is 18.2 Å². The van der Waals surface area contributed by atoms with Crippen molar-refractivity contribution in [3.05, 3.63) is 29.6 Å². The lowest BCUT2D eigenvalue weighted by atomic mass is 10.1. The predicted octanol–water partition coefficient (Wildman–Crippen LogP) is 1.28. The Labute approximate surface area is 85.3 Å². The van der Waals surface area contributed by atoms with E-state index in [1.807, 2.05) is 0 Å². The topological polar surface area (TPSA) is 63.6 Å². The van der Waals surface area contributed by atoms with Gasteiger partial charge < -0.3 is 9.84 Å². The monoisotopic (exact) mass is 212 g/mol. The standard InChI is InChI=1S/C10H9FO4/c1-2-15-10(14)9(13)7-4-3-6(11)5-8(7)12/h3-5,12H,2H2,1H3. The van der Waals surface area contributed by atoms with Gasteiger partial charge in [-0.15, -0.1) is 0 Å². The highest BCUT2D eigenvalue weighted by Gasteiger charge is 2.20. The van der Waals surface area contributed by atoms with Crippen LogP contribution in [-0.2, 0) is 9.53 Å². The summed E-state index contributed by atoms with van der Waals surface area (Å²) in [6.45, 7) is 1.61. The van der Waals surface area contributed by atoms with Gasteiger partial charge in [0.05, 0.1) is 12.2 Å². The van der Waals surface area contributed by atoms with Gasteiger partial charge in [0.15, 0.2) is 0 Å². The number of Topliss-reactive ketones (excluding diaryl/α,β-unsaturated/α-hetero) is 1. The Morgan fingerprint density at radius 2 is 2.13 bits per heavy atom. The molecular weight excluding hydrogens is 203 g/mol. The van der Waals surface area contributed by atoms with Gasteiger partial charge in [-0.3, -0.25) is 4.79 Å². The van der Waals surface area contributed by atoms with Gasteiger partial charge in [0, 0.05) is 6.07 Å². The van der Waals surface area contributed by atoms with E-state index in [9.17, 15) is 19.1 Å². The molecule has 1 rings (SSSR count). The lowest BCUT2D eigenvalue weighted by Gasteiger charge is -2.02. The number of ether oxygens (including phenoxy) is 1. The van der Waals surface area contributed by atoms with Crippen molar-refractivity contribution in [3.63, 3.8) is 0 Å². The Hall–Kier alpha value is -1.91. The normalized spacial score (nSPS) is 9.73. The van der Waals surface area contributed by atoms with Crippen molar-refractivity contribution in [2.45, 2.75) is 6.92 Å². The molecule has 0 aliphatic heterocycles. The van der Waals surface area contributed by atoms with Crippen LogP contribution >= 0.6 is 0 Å². The summed E-state index contributed by atoms with van der Waals surface area (Å²) >= 11 is 0. The van der Waals surface area contributed by atoms with Crippen LogP contribution < -0.4 is 0 Å². The second kappa shape index (κ2) is 4.54. The third kappa shape index (κ3) is 2.52. The molecule has 0 saturated heterocycles. The second-order valence-electron chi connectivity index (χ2n) is 2.71. The number of carbonyl (C=O) groups is 2. The highest BCUT2D eigenvalue weighted by atomic mass is 19.1. The van der Waals surface area contributed by atoms with Gasteiger partial charge >= 0.3 is 5.97 Å². The summed E-state index contributed by atoms with van der Waals surface area (Å²) in [7, 11) is 0. The van der Waals surface area contributed by atoms with E-state index in [2.05, 4.69) is 4.74 Å². The van der Waals surface area contributed by atoms with Gasteiger partial charge in [0.2, 0.25) is 0 Å². The molecule has 0 unspecified atom stereocenters. The lowest BCUT2D eigenvalue weighted by Crippen LogP contribution is -2.17. The minimum Gasteiger partial charge on any atom is -0.507 e. The summed E-state index contributed by atoms with van der Waals surface area (Å²) in [5, 5.41) is 9.21. The summed E-state index contributed by atoms with van der Waals surface area (Å²) in [6, 6.07) is 2.77. The van der Waals surface area contributed by atoms with Crippen molar-refractivity contribution in [1.82, 2.24) is 0 Å². The Morgan fingerprint density at radius 1 is 1.47 bits per heavy atom. The number of hydrogen-bond acceptors (Lipinski definition) is 4. The molecule has 5 heteroatoms. The van der Waals surface area contributed by atoms with E-state index in [-0.39, 0.29) is 12.2 Å². The van der Waals surface area contributed by atoms with E-state index < -0.39 is 23.3 Å². The van der Waals surface area contributed by atoms with E-state index in [1.165, 1.54) is 0 Å². The molecule has 0 amide bonds. The van der Waals surface area contributed by atoms with Crippen molar-refractivity contribution < 1.29 is 23.8 Å². The van der Waals surface area contributed by atoms with E-state index in [0.29, 0.717) is 0 Å². The van der Waals surface area contributed by atoms with Crippen LogP contribution in [0.2, 0.25) is 0 Å². The zero-order chi connectivity index (χ0) is 11.4. The van der Waals surface area contributed by atoms with Crippen molar-refractivity contribution >= 4 is 11.8 Å². The largest absolute Gasteiger partial charge is 0.507 e. The number of aromatic hydroxyl groups is 1. The molecule has 80 valence electrons. The van der Waals surface area contributed by atoms with Gasteiger partial charge in [-0.2, -0.15) is 0 Å². The third-order valence-electron chi connectivity index (χ3n) is 1.67. The first kappa shape index (κ1) is 11.2. The number of esters is 1. The first-order chi connectivity index (χ1) is 7.06. The minimum absolute atomic E-state index is 0.0620. The SMILES string of the molecule is CCOC(=O)C(=O)c1ccc(F)cc1O. The number of rotatable bonds is 3. The molecule has 4 nitrogen and oxygen atoms in total. The smallest absolute Gasteiger partial charge is 0.379 e. The van der Waals surface area contributed by atoms with Gasteiger partial charge in [-0.1, -0.05) is 0 Å². The van der Waals surface area contributed by atoms with Crippen LogP contribution in [0, 0.1) is 5.82 Å². The number of halogens is 1. The fourth-order valence-corrected chi connectivity index (χ4v) is 1.00. The van der Waals surface area contributed by atoms with E-state index in [4.69, 9.17) is 0 Å². The minimum atomic E-state index is -1.07. The van der Waals surface area contributed by atoms with Crippen LogP contribution in [0.25, 0.3) is 0 Å². The highest BCUT2D eigenvalue weighted by Crippen LogP contribution is 2.18. The molecule has 1 N–H and O–H groups in total. The average Bonchev–Trinajstić information content (AvgIpc) is 2.17. The zero-order valence-electron chi connectivity index (χ0n) is 7.99. The van der Waals surface area contributed by atoms with Gasteiger partial charge in [0.25, 0.3) is 5.78 Å². The van der Waals surface area contributed by atoms with Crippen LogP contribution in [0.3, 0.4) is 0 Å². The first-order valence-corrected chi connectivity index (χ1v) is 4.26. The molecule has 0 aliphatic rings. The average molecular weight is 212 g/mol. The van der Waals surface area contributed by atoms with Gasteiger partial charge in [0.1, 0.15) is 11.6 Å². The number of phenolic OH excluding ortho intramolecular Hbond substituents is 1. The summed E-state index contributed by atoms with van der Waals surface area (Å²) in [6.07, 6.45) is 0. The number of ketones is 1. The molecular formula is C10H9FO4. The number of hydrogen-bond donors (Lipinski definition) is 1. The molecule has 0 aromatic heterocycles. The maximum absolute atomic E-state index is 12.6. The predicted molar refractivity (Wildman–Crippen MR) is 49.0 cm³/mol. The van der Waals surface area contributed by atoms with Gasteiger partial charge in [-0.25, -0.2) is 9.18 Å². The quantitative estimate of drug-likeness (QED) is 0.465. The van der Waals surface area contributed by atoms with E-state index in [1.54, 1.807) is 6.92 Å². The number of carbonyl (C=O) groups excluding carboxylic acids is 2. The Kier molecular flexibility index (Phi) is 3.38. The molecule has 0 spiro atoms. The highest BCUT2D eigenvalue weighted by molar-refractivity contribution is 6.41. The summed E-state index contributed by atoms with van der Waals surface area (Å²) < 4.78 is 17.0. The third-order valence-corrected chi connectivity index (χ3v) is 1.67.